The Kier molecular flexibility index (Phi) is 4.81. The number of anilines is 1. The number of nitrogens with two attached hydrogens (primary N) is 1. The van der Waals surface area contributed by atoms with Crippen molar-refractivity contribution in [3.8, 4) is 0 Å². The molecule has 1 aromatic heterocycles. The van der Waals surface area contributed by atoms with Crippen molar-refractivity contribution >= 4 is 32.5 Å². The molecule has 3 N–H and O–H groups in total. The van der Waals surface area contributed by atoms with Crippen molar-refractivity contribution in [3.63, 3.8) is 0 Å². The van der Waals surface area contributed by atoms with Gasteiger partial charge in [-0.15, -0.1) is 0 Å². The van der Waals surface area contributed by atoms with E-state index in [2.05, 4.69) is 10.3 Å². The van der Waals surface area contributed by atoms with Crippen LogP contribution in [0.5, 0.6) is 0 Å². The third-order valence-corrected chi connectivity index (χ3v) is 5.18. The molecule has 0 fully saturated rings. The standard InChI is InChI=1S/C18H18N4O4S/c1-11-7-13(27(19,25)26)8-16(12(11)2)21-17(23)9-22-10-20-15-6-4-3-5-14(15)18(22)24/h3-8,10H,9H2,1-2H3,(H,21,23)(H2,19,25,26). The van der Waals surface area contributed by atoms with Gasteiger partial charge >= 0.3 is 0 Å². The Hall–Kier alpha value is -3.04. The number of carbonyl (C=O) groups excluding carboxylic acids is 1. The summed E-state index contributed by atoms with van der Waals surface area (Å²) < 4.78 is 24.4. The Morgan fingerprint density at radius 1 is 1.22 bits per heavy atom. The maximum Gasteiger partial charge on any atom is 0.261 e. The normalized spacial score (nSPS) is 11.5. The molecule has 2 aromatic carbocycles. The third-order valence-electron chi connectivity index (χ3n) is 4.29. The van der Waals surface area contributed by atoms with Gasteiger partial charge in [0.25, 0.3) is 5.56 Å². The van der Waals surface area contributed by atoms with Crippen molar-refractivity contribution in [2.24, 2.45) is 5.14 Å². The molecule has 0 atom stereocenters. The Labute approximate surface area is 155 Å². The van der Waals surface area contributed by atoms with Crippen LogP contribution in [0.15, 0.2) is 52.4 Å². The average Bonchev–Trinajstić information content (AvgIpc) is 2.60. The van der Waals surface area contributed by atoms with Gasteiger partial charge in [-0.1, -0.05) is 12.1 Å². The number of aromatic nitrogens is 2. The zero-order valence-corrected chi connectivity index (χ0v) is 15.6. The summed E-state index contributed by atoms with van der Waals surface area (Å²) in [5.41, 5.74) is 1.92. The first-order chi connectivity index (χ1) is 12.7. The predicted octanol–water partition coefficient (Wildman–Crippen LogP) is 1.30. The smallest absolute Gasteiger partial charge is 0.261 e. The van der Waals surface area contributed by atoms with E-state index in [0.29, 0.717) is 27.7 Å². The van der Waals surface area contributed by atoms with Crippen LogP contribution in [0.3, 0.4) is 0 Å². The van der Waals surface area contributed by atoms with E-state index >= 15 is 0 Å². The van der Waals surface area contributed by atoms with Crippen LogP contribution in [0.4, 0.5) is 5.69 Å². The lowest BCUT2D eigenvalue weighted by molar-refractivity contribution is -0.116. The summed E-state index contributed by atoms with van der Waals surface area (Å²) in [6, 6.07) is 9.60. The molecule has 0 aliphatic carbocycles. The number of sulfonamides is 1. The van der Waals surface area contributed by atoms with Crippen molar-refractivity contribution in [2.45, 2.75) is 25.3 Å². The van der Waals surface area contributed by atoms with Crippen molar-refractivity contribution in [1.29, 1.82) is 0 Å². The number of amides is 1. The summed E-state index contributed by atoms with van der Waals surface area (Å²) in [5, 5.41) is 8.23. The maximum absolute atomic E-state index is 12.5. The van der Waals surface area contributed by atoms with Crippen molar-refractivity contribution in [1.82, 2.24) is 9.55 Å². The number of hydrogen-bond donors (Lipinski definition) is 2. The molecule has 0 unspecified atom stereocenters. The minimum atomic E-state index is -3.91. The topological polar surface area (TPSA) is 124 Å². The predicted molar refractivity (Wildman–Crippen MR) is 102 cm³/mol. The van der Waals surface area contributed by atoms with Gasteiger partial charge < -0.3 is 5.32 Å². The van der Waals surface area contributed by atoms with Crippen LogP contribution in [0, 0.1) is 13.8 Å². The van der Waals surface area contributed by atoms with Gasteiger partial charge in [-0.05, 0) is 49.2 Å². The molecule has 0 radical (unpaired) electrons. The second-order valence-corrected chi connectivity index (χ2v) is 7.76. The molecule has 8 nitrogen and oxygen atoms in total. The molecule has 1 amide bonds. The maximum atomic E-state index is 12.5. The zero-order valence-electron chi connectivity index (χ0n) is 14.8. The fourth-order valence-corrected chi connectivity index (χ4v) is 3.31. The summed E-state index contributed by atoms with van der Waals surface area (Å²) in [5.74, 6) is -0.483. The van der Waals surface area contributed by atoms with Crippen LogP contribution >= 0.6 is 0 Å². The Morgan fingerprint density at radius 3 is 2.63 bits per heavy atom. The van der Waals surface area contributed by atoms with Gasteiger partial charge in [-0.2, -0.15) is 0 Å². The van der Waals surface area contributed by atoms with E-state index in [9.17, 15) is 18.0 Å². The van der Waals surface area contributed by atoms with Gasteiger partial charge in [-0.3, -0.25) is 14.2 Å². The van der Waals surface area contributed by atoms with E-state index in [-0.39, 0.29) is 17.0 Å². The molecular weight excluding hydrogens is 368 g/mol. The molecule has 9 heteroatoms. The molecular formula is C18H18N4O4S. The number of hydrogen-bond acceptors (Lipinski definition) is 5. The Morgan fingerprint density at radius 2 is 1.93 bits per heavy atom. The van der Waals surface area contributed by atoms with Crippen molar-refractivity contribution in [2.75, 3.05) is 5.32 Å². The monoisotopic (exact) mass is 386 g/mol. The summed E-state index contributed by atoms with van der Waals surface area (Å²) in [4.78, 5) is 29.0. The van der Waals surface area contributed by atoms with Gasteiger partial charge in [0.2, 0.25) is 15.9 Å². The number of para-hydroxylation sites is 1. The molecule has 140 valence electrons. The molecule has 0 aliphatic heterocycles. The molecule has 0 saturated carbocycles. The van der Waals surface area contributed by atoms with E-state index in [1.165, 1.54) is 23.0 Å². The minimum absolute atomic E-state index is 0.0922. The van der Waals surface area contributed by atoms with Crippen LogP contribution < -0.4 is 16.0 Å². The van der Waals surface area contributed by atoms with E-state index in [1.807, 2.05) is 0 Å². The molecule has 0 aliphatic rings. The quantitative estimate of drug-likeness (QED) is 0.699. The highest BCUT2D eigenvalue weighted by atomic mass is 32.2. The van der Waals surface area contributed by atoms with Gasteiger partial charge in [0.15, 0.2) is 0 Å². The Bertz CT molecular complexity index is 1220. The number of fused-ring (bicyclic) bond motifs is 1. The summed E-state index contributed by atoms with van der Waals surface area (Å²) >= 11 is 0. The van der Waals surface area contributed by atoms with Crippen LogP contribution in [-0.4, -0.2) is 23.9 Å². The molecule has 27 heavy (non-hydrogen) atoms. The highest BCUT2D eigenvalue weighted by molar-refractivity contribution is 7.89. The highest BCUT2D eigenvalue weighted by Crippen LogP contribution is 2.23. The lowest BCUT2D eigenvalue weighted by Gasteiger charge is -2.13. The van der Waals surface area contributed by atoms with E-state index < -0.39 is 15.9 Å². The molecule has 0 spiro atoms. The second-order valence-electron chi connectivity index (χ2n) is 6.20. The van der Waals surface area contributed by atoms with E-state index in [1.54, 1.807) is 38.1 Å². The average molecular weight is 386 g/mol. The summed E-state index contributed by atoms with van der Waals surface area (Å²) in [6.07, 6.45) is 1.31. The third kappa shape index (κ3) is 3.88. The fraction of sp³-hybridized carbons (Fsp3) is 0.167. The van der Waals surface area contributed by atoms with Gasteiger partial charge in [-0.25, -0.2) is 18.5 Å². The number of carbonyl (C=O) groups is 1. The minimum Gasteiger partial charge on any atom is -0.324 e. The van der Waals surface area contributed by atoms with E-state index in [0.717, 1.165) is 0 Å². The van der Waals surface area contributed by atoms with Crippen LogP contribution in [0.25, 0.3) is 10.9 Å². The molecule has 3 rings (SSSR count). The first-order valence-corrected chi connectivity index (χ1v) is 9.59. The molecule has 3 aromatic rings. The van der Waals surface area contributed by atoms with Gasteiger partial charge in [0, 0.05) is 5.69 Å². The number of benzene rings is 2. The van der Waals surface area contributed by atoms with Crippen LogP contribution in [-0.2, 0) is 21.4 Å². The summed E-state index contributed by atoms with van der Waals surface area (Å²) in [6.45, 7) is 3.22. The number of nitrogens with zero attached hydrogens (tertiary/aromatic N) is 2. The lowest BCUT2D eigenvalue weighted by atomic mass is 10.1. The SMILES string of the molecule is Cc1cc(S(N)(=O)=O)cc(NC(=O)Cn2cnc3ccccc3c2=O)c1C. The zero-order chi connectivity index (χ0) is 19.8. The second kappa shape index (κ2) is 6.93. The fourth-order valence-electron chi connectivity index (χ4n) is 2.68. The number of nitrogens with one attached hydrogen (secondary N) is 1. The van der Waals surface area contributed by atoms with Crippen molar-refractivity contribution < 1.29 is 13.2 Å². The summed E-state index contributed by atoms with van der Waals surface area (Å²) in [7, 11) is -3.91. The highest BCUT2D eigenvalue weighted by Gasteiger charge is 2.15. The lowest BCUT2D eigenvalue weighted by Crippen LogP contribution is -2.28. The molecule has 1 heterocycles. The van der Waals surface area contributed by atoms with E-state index in [4.69, 9.17) is 5.14 Å². The number of aryl methyl sites for hydroxylation is 1. The Balaban J connectivity index is 1.90. The first-order valence-electron chi connectivity index (χ1n) is 8.05. The van der Waals surface area contributed by atoms with Gasteiger partial charge in [0.1, 0.15) is 6.54 Å². The molecule has 0 bridgehead atoms. The first kappa shape index (κ1) is 18.7. The van der Waals surface area contributed by atoms with Crippen molar-refractivity contribution in [3.05, 3.63) is 64.2 Å². The number of rotatable bonds is 4. The van der Waals surface area contributed by atoms with Crippen LogP contribution in [0.1, 0.15) is 11.1 Å². The largest absolute Gasteiger partial charge is 0.324 e. The van der Waals surface area contributed by atoms with Gasteiger partial charge in [0.05, 0.1) is 22.1 Å². The number of primary sulfonamides is 1. The van der Waals surface area contributed by atoms with Crippen LogP contribution in [0.2, 0.25) is 0 Å². The molecule has 0 saturated heterocycles.